The fourth-order valence-corrected chi connectivity index (χ4v) is 3.94. The lowest BCUT2D eigenvalue weighted by atomic mass is 9.95. The number of rotatable bonds is 3. The van der Waals surface area contributed by atoms with E-state index in [2.05, 4.69) is 10.6 Å². The number of carbonyl (C=O) groups excluding carboxylic acids is 1. The van der Waals surface area contributed by atoms with E-state index < -0.39 is 11.6 Å². The first-order chi connectivity index (χ1) is 11.5. The van der Waals surface area contributed by atoms with Crippen molar-refractivity contribution in [2.45, 2.75) is 37.4 Å². The molecule has 2 aromatic rings. The largest absolute Gasteiger partial charge is 0.346 e. The van der Waals surface area contributed by atoms with E-state index in [4.69, 9.17) is 0 Å². The average molecular weight is 331 g/mol. The van der Waals surface area contributed by atoms with Crippen molar-refractivity contribution >= 4 is 5.91 Å². The van der Waals surface area contributed by atoms with Crippen molar-refractivity contribution < 1.29 is 13.6 Å². The second-order valence-electron chi connectivity index (χ2n) is 6.63. The van der Waals surface area contributed by atoms with Crippen molar-refractivity contribution in [3.63, 3.8) is 0 Å². The number of hydrogen-bond acceptors (Lipinski definition) is 2. The molecule has 6 heteroatoms. The number of carbonyl (C=O) groups is 1. The molecule has 2 N–H and O–H groups in total. The van der Waals surface area contributed by atoms with Crippen molar-refractivity contribution in [2.24, 2.45) is 7.05 Å². The van der Waals surface area contributed by atoms with Gasteiger partial charge in [-0.25, -0.2) is 8.78 Å². The zero-order valence-corrected chi connectivity index (χ0v) is 13.4. The van der Waals surface area contributed by atoms with Gasteiger partial charge in [-0.2, -0.15) is 0 Å². The number of aromatic nitrogens is 1. The molecule has 24 heavy (non-hydrogen) atoms. The number of nitrogens with zero attached hydrogens (tertiary/aromatic N) is 1. The van der Waals surface area contributed by atoms with Crippen LogP contribution in [0, 0.1) is 11.6 Å². The molecular formula is C18H19F2N3O. The third kappa shape index (κ3) is 2.41. The lowest BCUT2D eigenvalue weighted by Gasteiger charge is -2.21. The fourth-order valence-electron chi connectivity index (χ4n) is 3.94. The summed E-state index contributed by atoms with van der Waals surface area (Å²) in [4.78, 5) is 12.6. The van der Waals surface area contributed by atoms with E-state index >= 15 is 0 Å². The number of hydrogen-bond donors (Lipinski definition) is 2. The van der Waals surface area contributed by atoms with E-state index in [0.717, 1.165) is 18.9 Å². The van der Waals surface area contributed by atoms with Crippen molar-refractivity contribution in [3.8, 4) is 11.3 Å². The lowest BCUT2D eigenvalue weighted by Crippen LogP contribution is -2.43. The Balaban J connectivity index is 1.58. The summed E-state index contributed by atoms with van der Waals surface area (Å²) >= 11 is 0. The molecule has 126 valence electrons. The molecule has 3 heterocycles. The standard InChI is InChI=1S/C18H19F2N3O/c1-23-15(11-3-2-4-12(19)17(11)20)7-8-16(23)18(24)22-14-9-10-5-6-13(14)21-10/h2-4,7-8,10,13-14,21H,5-6,9H2,1H3,(H,22,24)/t10-,13+,14-/m1/s1. The zero-order chi connectivity index (χ0) is 16.8. The van der Waals surface area contributed by atoms with Gasteiger partial charge in [0.05, 0.1) is 5.69 Å². The quantitative estimate of drug-likeness (QED) is 0.908. The van der Waals surface area contributed by atoms with Crippen molar-refractivity contribution in [3.05, 3.63) is 47.7 Å². The van der Waals surface area contributed by atoms with Crippen LogP contribution in [0.2, 0.25) is 0 Å². The SMILES string of the molecule is Cn1c(C(=O)N[C@@H]2C[C@H]3CC[C@@H]2N3)ccc1-c1cccc(F)c1F. The van der Waals surface area contributed by atoms with E-state index in [1.807, 2.05) is 0 Å². The second kappa shape index (κ2) is 5.70. The van der Waals surface area contributed by atoms with Crippen LogP contribution in [0.15, 0.2) is 30.3 Å². The van der Waals surface area contributed by atoms with E-state index in [1.54, 1.807) is 23.7 Å². The summed E-state index contributed by atoms with van der Waals surface area (Å²) in [5.74, 6) is -1.98. The highest BCUT2D eigenvalue weighted by Gasteiger charge is 2.39. The Hall–Kier alpha value is -2.21. The maximum absolute atomic E-state index is 14.0. The van der Waals surface area contributed by atoms with Gasteiger partial charge in [-0.1, -0.05) is 6.07 Å². The molecular weight excluding hydrogens is 312 g/mol. The van der Waals surface area contributed by atoms with Crippen LogP contribution in [0.1, 0.15) is 29.8 Å². The molecule has 2 fully saturated rings. The van der Waals surface area contributed by atoms with Gasteiger partial charge in [0, 0.05) is 30.7 Å². The molecule has 0 spiro atoms. The Labute approximate surface area is 138 Å². The molecule has 0 saturated carbocycles. The molecule has 0 radical (unpaired) electrons. The maximum Gasteiger partial charge on any atom is 0.268 e. The van der Waals surface area contributed by atoms with Crippen molar-refractivity contribution in [1.82, 2.24) is 15.2 Å². The number of nitrogens with one attached hydrogen (secondary N) is 2. The topological polar surface area (TPSA) is 46.1 Å². The highest BCUT2D eigenvalue weighted by molar-refractivity contribution is 5.94. The summed E-state index contributed by atoms with van der Waals surface area (Å²) in [6.07, 6.45) is 3.21. The van der Waals surface area contributed by atoms with Crippen LogP contribution in [0.25, 0.3) is 11.3 Å². The Morgan fingerprint density at radius 3 is 2.79 bits per heavy atom. The molecule has 2 aliphatic heterocycles. The van der Waals surface area contributed by atoms with Gasteiger partial charge in [0.2, 0.25) is 0 Å². The monoisotopic (exact) mass is 331 g/mol. The molecule has 4 nitrogen and oxygen atoms in total. The number of fused-ring (bicyclic) bond motifs is 2. The highest BCUT2D eigenvalue weighted by atomic mass is 19.2. The van der Waals surface area contributed by atoms with E-state index in [0.29, 0.717) is 23.5 Å². The fraction of sp³-hybridized carbons (Fsp3) is 0.389. The predicted octanol–water partition coefficient (Wildman–Crippen LogP) is 2.59. The Bertz CT molecular complexity index is 802. The molecule has 0 unspecified atom stereocenters. The van der Waals surface area contributed by atoms with E-state index in [9.17, 15) is 13.6 Å². The maximum atomic E-state index is 14.0. The van der Waals surface area contributed by atoms with E-state index in [-0.39, 0.29) is 17.5 Å². The minimum Gasteiger partial charge on any atom is -0.346 e. The first-order valence-electron chi connectivity index (χ1n) is 8.21. The van der Waals surface area contributed by atoms with Crippen LogP contribution in [0.5, 0.6) is 0 Å². The minimum absolute atomic E-state index is 0.139. The predicted molar refractivity (Wildman–Crippen MR) is 86.6 cm³/mol. The van der Waals surface area contributed by atoms with Crippen LogP contribution in [0.3, 0.4) is 0 Å². The number of halogens is 2. The van der Waals surface area contributed by atoms with Crippen LogP contribution >= 0.6 is 0 Å². The van der Waals surface area contributed by atoms with Gasteiger partial charge in [-0.05, 0) is 43.5 Å². The van der Waals surface area contributed by atoms with Crippen LogP contribution in [-0.4, -0.2) is 28.6 Å². The molecule has 2 aliphatic rings. The lowest BCUT2D eigenvalue weighted by molar-refractivity contribution is 0.0923. The third-order valence-corrected chi connectivity index (χ3v) is 5.20. The van der Waals surface area contributed by atoms with Crippen molar-refractivity contribution in [1.29, 1.82) is 0 Å². The van der Waals surface area contributed by atoms with Gasteiger partial charge < -0.3 is 15.2 Å². The summed E-state index contributed by atoms with van der Waals surface area (Å²) in [5, 5.41) is 6.55. The minimum atomic E-state index is -0.900. The summed E-state index contributed by atoms with van der Waals surface area (Å²) in [7, 11) is 1.69. The molecule has 2 saturated heterocycles. The molecule has 2 bridgehead atoms. The first kappa shape index (κ1) is 15.3. The number of amides is 1. The molecule has 0 aliphatic carbocycles. The van der Waals surface area contributed by atoms with Gasteiger partial charge in [0.25, 0.3) is 5.91 Å². The summed E-state index contributed by atoms with van der Waals surface area (Å²) < 4.78 is 29.1. The normalized spacial score (nSPS) is 25.2. The van der Waals surface area contributed by atoms with Crippen LogP contribution in [-0.2, 0) is 7.05 Å². The molecule has 1 aromatic heterocycles. The average Bonchev–Trinajstić information content (AvgIpc) is 3.26. The molecule has 1 aromatic carbocycles. The summed E-state index contributed by atoms with van der Waals surface area (Å²) in [6, 6.07) is 8.33. The third-order valence-electron chi connectivity index (χ3n) is 5.20. The van der Waals surface area contributed by atoms with Gasteiger partial charge in [-0.15, -0.1) is 0 Å². The van der Waals surface area contributed by atoms with E-state index in [1.165, 1.54) is 18.6 Å². The number of benzene rings is 1. The van der Waals surface area contributed by atoms with Gasteiger partial charge >= 0.3 is 0 Å². The smallest absolute Gasteiger partial charge is 0.268 e. The van der Waals surface area contributed by atoms with Gasteiger partial charge in [0.15, 0.2) is 11.6 Å². The van der Waals surface area contributed by atoms with Crippen LogP contribution in [0.4, 0.5) is 8.78 Å². The Kier molecular flexibility index (Phi) is 3.64. The second-order valence-corrected chi connectivity index (χ2v) is 6.63. The molecule has 3 atom stereocenters. The van der Waals surface area contributed by atoms with Crippen LogP contribution < -0.4 is 10.6 Å². The zero-order valence-electron chi connectivity index (χ0n) is 13.4. The van der Waals surface area contributed by atoms with Gasteiger partial charge in [0.1, 0.15) is 5.69 Å². The molecule has 4 rings (SSSR count). The Morgan fingerprint density at radius 1 is 1.25 bits per heavy atom. The first-order valence-corrected chi connectivity index (χ1v) is 8.21. The summed E-state index contributed by atoms with van der Waals surface area (Å²) in [5.41, 5.74) is 1.07. The van der Waals surface area contributed by atoms with Crippen molar-refractivity contribution in [2.75, 3.05) is 0 Å². The Morgan fingerprint density at radius 2 is 2.08 bits per heavy atom. The summed E-state index contributed by atoms with van der Waals surface area (Å²) in [6.45, 7) is 0. The highest BCUT2D eigenvalue weighted by Crippen LogP contribution is 2.29. The molecule has 1 amide bonds. The van der Waals surface area contributed by atoms with Gasteiger partial charge in [-0.3, -0.25) is 4.79 Å².